The molecule has 0 aromatic heterocycles. The summed E-state index contributed by atoms with van der Waals surface area (Å²) < 4.78 is 36.0. The third kappa shape index (κ3) is 5.26. The van der Waals surface area contributed by atoms with Gasteiger partial charge in [-0.1, -0.05) is 66.2 Å². The minimum absolute atomic E-state index is 0.0366. The Hall–Kier alpha value is -3.79. The number of carbonyl (C=O) groups excluding carboxylic acids is 2. The summed E-state index contributed by atoms with van der Waals surface area (Å²) in [5.41, 5.74) is 1.27. The summed E-state index contributed by atoms with van der Waals surface area (Å²) in [4.78, 5) is 27.1. The number of nitrogens with zero attached hydrogens (tertiary/aromatic N) is 1. The molecule has 0 spiro atoms. The molecule has 0 saturated carbocycles. The van der Waals surface area contributed by atoms with Crippen LogP contribution >= 0.6 is 23.4 Å². The van der Waals surface area contributed by atoms with Crippen molar-refractivity contribution in [1.82, 2.24) is 4.90 Å². The maximum atomic E-state index is 13.1. The van der Waals surface area contributed by atoms with E-state index in [9.17, 15) is 18.0 Å². The Bertz CT molecular complexity index is 1700. The zero-order valence-electron chi connectivity index (χ0n) is 20.0. The first-order chi connectivity index (χ1) is 18.2. The standard InChI is InChI=1S/C28H20ClNO6S2/c1-35-24-15-19(14-23(29)26(24)36-38(33,34)22-9-3-2-4-10-22)16-25-27(31)30(28(32)37-25)17-18-11-12-20-7-5-6-8-21(20)13-18/h2-16H,17H2,1H3/b25-16-. The average molecular weight is 566 g/mol. The van der Waals surface area contributed by atoms with Gasteiger partial charge in [-0.25, -0.2) is 0 Å². The third-order valence-electron chi connectivity index (χ3n) is 5.80. The molecule has 2 amide bonds. The van der Waals surface area contributed by atoms with Crippen molar-refractivity contribution in [3.63, 3.8) is 0 Å². The Kier molecular flexibility index (Phi) is 7.16. The van der Waals surface area contributed by atoms with E-state index in [1.54, 1.807) is 18.2 Å². The number of amides is 2. The Balaban J connectivity index is 1.39. The summed E-state index contributed by atoms with van der Waals surface area (Å²) >= 11 is 7.19. The van der Waals surface area contributed by atoms with Crippen molar-refractivity contribution in [3.05, 3.63) is 106 Å². The van der Waals surface area contributed by atoms with E-state index in [4.69, 9.17) is 20.5 Å². The van der Waals surface area contributed by atoms with E-state index in [2.05, 4.69) is 0 Å². The van der Waals surface area contributed by atoms with Gasteiger partial charge in [0, 0.05) is 0 Å². The van der Waals surface area contributed by atoms with Crippen LogP contribution in [0.5, 0.6) is 11.5 Å². The molecular formula is C28H20ClNO6S2. The van der Waals surface area contributed by atoms with Crippen LogP contribution in [-0.2, 0) is 21.5 Å². The highest BCUT2D eigenvalue weighted by Crippen LogP contribution is 2.40. The maximum absolute atomic E-state index is 13.1. The molecule has 5 rings (SSSR count). The van der Waals surface area contributed by atoms with Crippen LogP contribution in [0.2, 0.25) is 5.02 Å². The number of rotatable bonds is 7. The predicted octanol–water partition coefficient (Wildman–Crippen LogP) is 6.51. The lowest BCUT2D eigenvalue weighted by molar-refractivity contribution is -0.123. The fourth-order valence-electron chi connectivity index (χ4n) is 3.96. The van der Waals surface area contributed by atoms with Crippen LogP contribution in [0.25, 0.3) is 16.8 Å². The normalized spacial score (nSPS) is 14.9. The lowest BCUT2D eigenvalue weighted by Crippen LogP contribution is -2.27. The molecule has 0 atom stereocenters. The highest BCUT2D eigenvalue weighted by molar-refractivity contribution is 8.18. The molecule has 1 saturated heterocycles. The molecule has 4 aromatic rings. The summed E-state index contributed by atoms with van der Waals surface area (Å²) in [5.74, 6) is -0.562. The summed E-state index contributed by atoms with van der Waals surface area (Å²) in [6.45, 7) is 0.140. The van der Waals surface area contributed by atoms with Crippen LogP contribution in [-0.4, -0.2) is 31.6 Å². The molecule has 0 aliphatic carbocycles. The number of fused-ring (bicyclic) bond motifs is 1. The smallest absolute Gasteiger partial charge is 0.339 e. The van der Waals surface area contributed by atoms with Crippen molar-refractivity contribution in [2.24, 2.45) is 0 Å². The molecule has 4 aromatic carbocycles. The molecule has 0 radical (unpaired) electrons. The van der Waals surface area contributed by atoms with E-state index >= 15 is 0 Å². The van der Waals surface area contributed by atoms with Gasteiger partial charge in [0.25, 0.3) is 11.1 Å². The Labute approximate surface area is 228 Å². The number of carbonyl (C=O) groups is 2. The number of halogens is 1. The number of thioether (sulfide) groups is 1. The van der Waals surface area contributed by atoms with Gasteiger partial charge in [0.15, 0.2) is 5.75 Å². The van der Waals surface area contributed by atoms with Crippen molar-refractivity contribution >= 4 is 61.5 Å². The fourth-order valence-corrected chi connectivity index (χ4v) is 6.08. The zero-order chi connectivity index (χ0) is 26.9. The topological polar surface area (TPSA) is 90.0 Å². The molecule has 1 aliphatic heterocycles. The first kappa shape index (κ1) is 25.8. The maximum Gasteiger partial charge on any atom is 0.339 e. The number of methoxy groups -OCH3 is 1. The minimum Gasteiger partial charge on any atom is -0.493 e. The molecule has 7 nitrogen and oxygen atoms in total. The summed E-state index contributed by atoms with van der Waals surface area (Å²) in [5, 5.41) is 1.66. The second-order valence-electron chi connectivity index (χ2n) is 8.33. The molecular weight excluding hydrogens is 546 g/mol. The first-order valence-electron chi connectivity index (χ1n) is 11.4. The van der Waals surface area contributed by atoms with Crippen LogP contribution in [0, 0.1) is 0 Å². The largest absolute Gasteiger partial charge is 0.493 e. The van der Waals surface area contributed by atoms with Crippen molar-refractivity contribution in [1.29, 1.82) is 0 Å². The molecule has 192 valence electrons. The van der Waals surface area contributed by atoms with Gasteiger partial charge in [0.2, 0.25) is 5.75 Å². The SMILES string of the molecule is COc1cc(/C=C2\SC(=O)N(Cc3ccc4ccccc4c3)C2=O)cc(Cl)c1OS(=O)(=O)c1ccccc1. The van der Waals surface area contributed by atoms with E-state index in [1.165, 1.54) is 42.4 Å². The molecule has 38 heavy (non-hydrogen) atoms. The molecule has 0 unspecified atom stereocenters. The van der Waals surface area contributed by atoms with E-state index in [0.29, 0.717) is 5.56 Å². The highest BCUT2D eigenvalue weighted by atomic mass is 35.5. The molecule has 1 fully saturated rings. The van der Waals surface area contributed by atoms with E-state index in [1.807, 2.05) is 42.5 Å². The molecule has 1 heterocycles. The number of imide groups is 1. The van der Waals surface area contributed by atoms with Gasteiger partial charge in [-0.15, -0.1) is 0 Å². The van der Waals surface area contributed by atoms with Gasteiger partial charge in [-0.2, -0.15) is 8.42 Å². The van der Waals surface area contributed by atoms with Gasteiger partial charge in [-0.3, -0.25) is 14.5 Å². The van der Waals surface area contributed by atoms with Gasteiger partial charge >= 0.3 is 10.1 Å². The van der Waals surface area contributed by atoms with Gasteiger partial charge in [0.05, 0.1) is 23.6 Å². The number of benzene rings is 4. The van der Waals surface area contributed by atoms with Crippen LogP contribution in [0.3, 0.4) is 0 Å². The summed E-state index contributed by atoms with van der Waals surface area (Å²) in [6.07, 6.45) is 1.51. The number of hydrogen-bond donors (Lipinski definition) is 0. The van der Waals surface area contributed by atoms with Crippen molar-refractivity contribution in [3.8, 4) is 11.5 Å². The van der Waals surface area contributed by atoms with E-state index < -0.39 is 16.0 Å². The molecule has 10 heteroatoms. The monoisotopic (exact) mass is 565 g/mol. The van der Waals surface area contributed by atoms with Crippen LogP contribution in [0.1, 0.15) is 11.1 Å². The lowest BCUT2D eigenvalue weighted by atomic mass is 10.1. The Morgan fingerprint density at radius 3 is 2.37 bits per heavy atom. The number of hydrogen-bond acceptors (Lipinski definition) is 7. The summed E-state index contributed by atoms with van der Waals surface area (Å²) in [7, 11) is -2.82. The molecule has 0 bridgehead atoms. The molecule has 1 aliphatic rings. The lowest BCUT2D eigenvalue weighted by Gasteiger charge is -2.14. The van der Waals surface area contributed by atoms with Crippen LogP contribution in [0.15, 0.2) is 94.7 Å². The summed E-state index contributed by atoms with van der Waals surface area (Å²) in [6, 6.07) is 24.2. The minimum atomic E-state index is -4.16. The second kappa shape index (κ2) is 10.5. The second-order valence-corrected chi connectivity index (χ2v) is 11.3. The van der Waals surface area contributed by atoms with Crippen LogP contribution < -0.4 is 8.92 Å². The fraction of sp³-hybridized carbons (Fsp3) is 0.0714. The quantitative estimate of drug-likeness (QED) is 0.186. The van der Waals surface area contributed by atoms with E-state index in [-0.39, 0.29) is 38.1 Å². The van der Waals surface area contributed by atoms with Gasteiger partial charge in [-0.05, 0) is 70.1 Å². The van der Waals surface area contributed by atoms with Crippen molar-refractivity contribution < 1.29 is 26.9 Å². The predicted molar refractivity (Wildman–Crippen MR) is 148 cm³/mol. The molecule has 0 N–H and O–H groups in total. The highest BCUT2D eigenvalue weighted by Gasteiger charge is 2.35. The Morgan fingerprint density at radius 1 is 0.921 bits per heavy atom. The average Bonchev–Trinajstić information content (AvgIpc) is 3.17. The zero-order valence-corrected chi connectivity index (χ0v) is 22.3. The number of ether oxygens (including phenoxy) is 1. The van der Waals surface area contributed by atoms with Crippen molar-refractivity contribution in [2.75, 3.05) is 7.11 Å². The van der Waals surface area contributed by atoms with E-state index in [0.717, 1.165) is 28.1 Å². The van der Waals surface area contributed by atoms with Crippen LogP contribution in [0.4, 0.5) is 4.79 Å². The van der Waals surface area contributed by atoms with Crippen molar-refractivity contribution in [2.45, 2.75) is 11.4 Å². The van der Waals surface area contributed by atoms with Gasteiger partial charge < -0.3 is 8.92 Å². The first-order valence-corrected chi connectivity index (χ1v) is 14.0. The Morgan fingerprint density at radius 2 is 1.63 bits per heavy atom. The van der Waals surface area contributed by atoms with Gasteiger partial charge in [0.1, 0.15) is 4.90 Å². The third-order valence-corrected chi connectivity index (χ3v) is 8.23.